The standard InChI is InChI=1S/C13H17N3O/c1-10-7-11(9-17)8-15-13(10)16(6-2-5-14)12-3-4-12/h7-8,12,17H,2-4,6,9H2,1H3. The summed E-state index contributed by atoms with van der Waals surface area (Å²) in [4.78, 5) is 6.64. The van der Waals surface area contributed by atoms with Crippen molar-refractivity contribution in [1.82, 2.24) is 4.98 Å². The number of nitriles is 1. The molecule has 17 heavy (non-hydrogen) atoms. The van der Waals surface area contributed by atoms with Crippen LogP contribution in [0.15, 0.2) is 12.3 Å². The Kier molecular flexibility index (Phi) is 3.60. The van der Waals surface area contributed by atoms with Gasteiger partial charge in [-0.25, -0.2) is 4.98 Å². The smallest absolute Gasteiger partial charge is 0.131 e. The van der Waals surface area contributed by atoms with Gasteiger partial charge in [-0.2, -0.15) is 5.26 Å². The maximum Gasteiger partial charge on any atom is 0.131 e. The van der Waals surface area contributed by atoms with Crippen LogP contribution in [-0.2, 0) is 6.61 Å². The second-order valence-corrected chi connectivity index (χ2v) is 4.47. The van der Waals surface area contributed by atoms with Crippen molar-refractivity contribution in [2.24, 2.45) is 0 Å². The van der Waals surface area contributed by atoms with Gasteiger partial charge in [0.1, 0.15) is 5.82 Å². The Balaban J connectivity index is 2.20. The van der Waals surface area contributed by atoms with E-state index in [4.69, 9.17) is 10.4 Å². The van der Waals surface area contributed by atoms with Crippen LogP contribution >= 0.6 is 0 Å². The molecular formula is C13H17N3O. The molecule has 4 heteroatoms. The first-order valence-electron chi connectivity index (χ1n) is 5.96. The molecule has 0 bridgehead atoms. The number of nitrogens with zero attached hydrogens (tertiary/aromatic N) is 3. The minimum Gasteiger partial charge on any atom is -0.392 e. The molecule has 2 rings (SSSR count). The first-order chi connectivity index (χ1) is 8.26. The fourth-order valence-corrected chi connectivity index (χ4v) is 2.03. The Morgan fingerprint density at radius 3 is 2.88 bits per heavy atom. The van der Waals surface area contributed by atoms with Crippen LogP contribution in [0.1, 0.15) is 30.4 Å². The quantitative estimate of drug-likeness (QED) is 0.839. The van der Waals surface area contributed by atoms with Crippen LogP contribution in [0.2, 0.25) is 0 Å². The van der Waals surface area contributed by atoms with Crippen LogP contribution in [0.3, 0.4) is 0 Å². The Morgan fingerprint density at radius 2 is 2.35 bits per heavy atom. The van der Waals surface area contributed by atoms with E-state index in [0.717, 1.165) is 23.5 Å². The maximum absolute atomic E-state index is 9.06. The summed E-state index contributed by atoms with van der Waals surface area (Å²) >= 11 is 0. The summed E-state index contributed by atoms with van der Waals surface area (Å²) in [5, 5.41) is 17.7. The number of hydrogen-bond acceptors (Lipinski definition) is 4. The van der Waals surface area contributed by atoms with Crippen LogP contribution in [0.4, 0.5) is 5.82 Å². The van der Waals surface area contributed by atoms with Crippen molar-refractivity contribution in [2.45, 2.75) is 38.8 Å². The summed E-state index contributed by atoms with van der Waals surface area (Å²) in [5.74, 6) is 0.958. The van der Waals surface area contributed by atoms with Crippen molar-refractivity contribution in [1.29, 1.82) is 5.26 Å². The lowest BCUT2D eigenvalue weighted by atomic mass is 10.2. The van der Waals surface area contributed by atoms with E-state index in [2.05, 4.69) is 16.0 Å². The number of rotatable bonds is 5. The number of aliphatic hydroxyl groups excluding tert-OH is 1. The Morgan fingerprint density at radius 1 is 1.59 bits per heavy atom. The average Bonchev–Trinajstić information content (AvgIpc) is 3.15. The molecule has 1 N–H and O–H groups in total. The summed E-state index contributed by atoms with van der Waals surface area (Å²) < 4.78 is 0. The first-order valence-corrected chi connectivity index (χ1v) is 5.96. The van der Waals surface area contributed by atoms with E-state index in [9.17, 15) is 0 Å². The van der Waals surface area contributed by atoms with Gasteiger partial charge in [-0.05, 0) is 37.0 Å². The second kappa shape index (κ2) is 5.15. The number of aliphatic hydroxyl groups is 1. The summed E-state index contributed by atoms with van der Waals surface area (Å²) in [6.07, 6.45) is 4.62. The average molecular weight is 231 g/mol. The lowest BCUT2D eigenvalue weighted by molar-refractivity contribution is 0.281. The predicted octanol–water partition coefficient (Wildman–Crippen LogP) is 1.76. The van der Waals surface area contributed by atoms with E-state index < -0.39 is 0 Å². The van der Waals surface area contributed by atoms with Crippen molar-refractivity contribution in [3.05, 3.63) is 23.4 Å². The van der Waals surface area contributed by atoms with Crippen LogP contribution in [0.5, 0.6) is 0 Å². The maximum atomic E-state index is 9.06. The van der Waals surface area contributed by atoms with E-state index >= 15 is 0 Å². The van der Waals surface area contributed by atoms with Crippen LogP contribution in [0, 0.1) is 18.3 Å². The predicted molar refractivity (Wildman–Crippen MR) is 65.5 cm³/mol. The third-order valence-corrected chi connectivity index (χ3v) is 3.01. The molecule has 4 nitrogen and oxygen atoms in total. The van der Waals surface area contributed by atoms with E-state index in [1.807, 2.05) is 13.0 Å². The summed E-state index contributed by atoms with van der Waals surface area (Å²) in [6, 6.07) is 4.70. The fourth-order valence-electron chi connectivity index (χ4n) is 2.03. The van der Waals surface area contributed by atoms with Crippen LogP contribution in [0.25, 0.3) is 0 Å². The Hall–Kier alpha value is -1.60. The van der Waals surface area contributed by atoms with Crippen molar-refractivity contribution in [2.75, 3.05) is 11.4 Å². The van der Waals surface area contributed by atoms with Gasteiger partial charge in [0.25, 0.3) is 0 Å². The monoisotopic (exact) mass is 231 g/mol. The van der Waals surface area contributed by atoms with Gasteiger partial charge in [0.05, 0.1) is 19.1 Å². The molecule has 0 aliphatic heterocycles. The van der Waals surface area contributed by atoms with Crippen molar-refractivity contribution in [3.8, 4) is 6.07 Å². The highest BCUT2D eigenvalue weighted by atomic mass is 16.3. The zero-order valence-electron chi connectivity index (χ0n) is 10.1. The highest BCUT2D eigenvalue weighted by Gasteiger charge is 2.30. The number of aromatic nitrogens is 1. The van der Waals surface area contributed by atoms with Crippen LogP contribution < -0.4 is 4.90 Å². The minimum absolute atomic E-state index is 0.0236. The van der Waals surface area contributed by atoms with Gasteiger partial charge in [-0.3, -0.25) is 0 Å². The minimum atomic E-state index is 0.0236. The second-order valence-electron chi connectivity index (χ2n) is 4.47. The van der Waals surface area contributed by atoms with Gasteiger partial charge < -0.3 is 10.0 Å². The molecule has 0 amide bonds. The molecule has 90 valence electrons. The van der Waals surface area contributed by atoms with E-state index in [1.54, 1.807) is 6.20 Å². The highest BCUT2D eigenvalue weighted by Crippen LogP contribution is 2.32. The highest BCUT2D eigenvalue weighted by molar-refractivity contribution is 5.49. The van der Waals surface area contributed by atoms with E-state index in [0.29, 0.717) is 12.5 Å². The van der Waals surface area contributed by atoms with Gasteiger partial charge in [0, 0.05) is 18.8 Å². The van der Waals surface area contributed by atoms with Gasteiger partial charge in [-0.1, -0.05) is 0 Å². The van der Waals surface area contributed by atoms with E-state index in [1.165, 1.54) is 12.8 Å². The molecule has 1 heterocycles. The van der Waals surface area contributed by atoms with Crippen molar-refractivity contribution >= 4 is 5.82 Å². The zero-order valence-corrected chi connectivity index (χ0v) is 10.1. The molecular weight excluding hydrogens is 214 g/mol. The first kappa shape index (κ1) is 11.9. The fraction of sp³-hybridized carbons (Fsp3) is 0.538. The zero-order chi connectivity index (χ0) is 12.3. The molecule has 0 radical (unpaired) electrons. The molecule has 0 aromatic carbocycles. The number of aryl methyl sites for hydroxylation is 1. The molecule has 1 saturated carbocycles. The SMILES string of the molecule is Cc1cc(CO)cnc1N(CCC#N)C1CC1. The third kappa shape index (κ3) is 2.75. The van der Waals surface area contributed by atoms with Crippen molar-refractivity contribution < 1.29 is 5.11 Å². The van der Waals surface area contributed by atoms with Gasteiger partial charge in [-0.15, -0.1) is 0 Å². The molecule has 1 aliphatic carbocycles. The van der Waals surface area contributed by atoms with Crippen molar-refractivity contribution in [3.63, 3.8) is 0 Å². The Labute approximate surface area is 102 Å². The number of pyridine rings is 1. The third-order valence-electron chi connectivity index (χ3n) is 3.01. The number of anilines is 1. The topological polar surface area (TPSA) is 60.2 Å². The lowest BCUT2D eigenvalue weighted by Gasteiger charge is -2.24. The normalized spacial score (nSPS) is 14.4. The largest absolute Gasteiger partial charge is 0.392 e. The lowest BCUT2D eigenvalue weighted by Crippen LogP contribution is -2.28. The number of hydrogen-bond donors (Lipinski definition) is 1. The molecule has 1 aromatic rings. The van der Waals surface area contributed by atoms with Gasteiger partial charge in [0.15, 0.2) is 0 Å². The molecule has 1 fully saturated rings. The Bertz CT molecular complexity index is 435. The molecule has 0 unspecified atom stereocenters. The molecule has 0 atom stereocenters. The van der Waals surface area contributed by atoms with Gasteiger partial charge >= 0.3 is 0 Å². The molecule has 0 spiro atoms. The summed E-state index contributed by atoms with van der Waals surface area (Å²) in [5.41, 5.74) is 1.91. The summed E-state index contributed by atoms with van der Waals surface area (Å²) in [7, 11) is 0. The van der Waals surface area contributed by atoms with Gasteiger partial charge in [0.2, 0.25) is 0 Å². The molecule has 1 aliphatic rings. The molecule has 1 aromatic heterocycles. The molecule has 0 saturated heterocycles. The van der Waals surface area contributed by atoms with Crippen LogP contribution in [-0.4, -0.2) is 22.7 Å². The van der Waals surface area contributed by atoms with E-state index in [-0.39, 0.29) is 6.61 Å². The summed E-state index contributed by atoms with van der Waals surface area (Å²) in [6.45, 7) is 2.77.